The molecule has 0 spiro atoms. The fourth-order valence-corrected chi connectivity index (χ4v) is 1.98. The second-order valence-corrected chi connectivity index (χ2v) is 4.59. The summed E-state index contributed by atoms with van der Waals surface area (Å²) in [6.07, 6.45) is 0.497. The highest BCUT2D eigenvalue weighted by Crippen LogP contribution is 2.21. The molecule has 16 heavy (non-hydrogen) atoms. The molecule has 0 saturated heterocycles. The van der Waals surface area contributed by atoms with Crippen molar-refractivity contribution in [1.82, 2.24) is 4.98 Å². The van der Waals surface area contributed by atoms with Crippen LogP contribution in [0.1, 0.15) is 11.1 Å². The number of aromatic nitrogens is 1. The van der Waals surface area contributed by atoms with E-state index < -0.39 is 5.95 Å². The molecular weight excluding hydrogens is 292 g/mol. The first-order valence-electron chi connectivity index (χ1n) is 4.71. The minimum absolute atomic E-state index is 0.174. The van der Waals surface area contributed by atoms with Crippen molar-refractivity contribution >= 4 is 27.5 Å². The summed E-state index contributed by atoms with van der Waals surface area (Å²) in [5.74, 6) is -0.511. The molecule has 0 fully saturated rings. The number of rotatable bonds is 2. The SMILES string of the molecule is Fc1nc(Cl)ccc1Cc1ccccc1Br. The molecule has 1 aromatic carbocycles. The van der Waals surface area contributed by atoms with Gasteiger partial charge in [-0.3, -0.25) is 0 Å². The molecule has 0 aliphatic heterocycles. The minimum atomic E-state index is -0.511. The molecule has 0 atom stereocenters. The van der Waals surface area contributed by atoms with Gasteiger partial charge < -0.3 is 0 Å². The van der Waals surface area contributed by atoms with Crippen LogP contribution in [0.2, 0.25) is 5.15 Å². The molecule has 0 bridgehead atoms. The van der Waals surface area contributed by atoms with Gasteiger partial charge in [-0.1, -0.05) is 51.8 Å². The van der Waals surface area contributed by atoms with Gasteiger partial charge in [0.25, 0.3) is 0 Å². The molecule has 4 heteroatoms. The van der Waals surface area contributed by atoms with Crippen molar-refractivity contribution in [1.29, 1.82) is 0 Å². The van der Waals surface area contributed by atoms with Gasteiger partial charge in [0, 0.05) is 16.5 Å². The molecule has 0 saturated carbocycles. The van der Waals surface area contributed by atoms with Crippen LogP contribution < -0.4 is 0 Å². The molecule has 1 heterocycles. The number of hydrogen-bond donors (Lipinski definition) is 0. The first-order valence-corrected chi connectivity index (χ1v) is 5.88. The number of pyridine rings is 1. The Morgan fingerprint density at radius 1 is 1.12 bits per heavy atom. The van der Waals surface area contributed by atoms with Crippen LogP contribution in [0, 0.1) is 5.95 Å². The highest BCUT2D eigenvalue weighted by atomic mass is 79.9. The monoisotopic (exact) mass is 299 g/mol. The Bertz CT molecular complexity index is 516. The lowest BCUT2D eigenvalue weighted by Gasteiger charge is -2.05. The van der Waals surface area contributed by atoms with E-state index in [0.29, 0.717) is 12.0 Å². The van der Waals surface area contributed by atoms with Crippen LogP contribution in [-0.4, -0.2) is 4.98 Å². The maximum atomic E-state index is 13.5. The van der Waals surface area contributed by atoms with E-state index in [9.17, 15) is 4.39 Å². The van der Waals surface area contributed by atoms with Gasteiger partial charge >= 0.3 is 0 Å². The lowest BCUT2D eigenvalue weighted by atomic mass is 10.1. The molecule has 1 nitrogen and oxygen atoms in total. The van der Waals surface area contributed by atoms with E-state index in [0.717, 1.165) is 10.0 Å². The average molecular weight is 301 g/mol. The summed E-state index contributed by atoms with van der Waals surface area (Å²) in [7, 11) is 0. The summed E-state index contributed by atoms with van der Waals surface area (Å²) < 4.78 is 14.4. The first-order chi connectivity index (χ1) is 7.66. The van der Waals surface area contributed by atoms with Gasteiger partial charge in [-0.25, -0.2) is 4.98 Å². The predicted octanol–water partition coefficient (Wildman–Crippen LogP) is 4.23. The van der Waals surface area contributed by atoms with E-state index in [2.05, 4.69) is 20.9 Å². The molecule has 0 aliphatic carbocycles. The Morgan fingerprint density at radius 2 is 1.88 bits per heavy atom. The summed E-state index contributed by atoms with van der Waals surface area (Å²) >= 11 is 9.01. The van der Waals surface area contributed by atoms with E-state index in [4.69, 9.17) is 11.6 Å². The van der Waals surface area contributed by atoms with Crippen LogP contribution in [0.15, 0.2) is 40.9 Å². The Morgan fingerprint density at radius 3 is 2.56 bits per heavy atom. The van der Waals surface area contributed by atoms with Gasteiger partial charge in [0.1, 0.15) is 5.15 Å². The van der Waals surface area contributed by atoms with Gasteiger partial charge in [-0.15, -0.1) is 0 Å². The van der Waals surface area contributed by atoms with E-state index >= 15 is 0 Å². The third kappa shape index (κ3) is 2.60. The lowest BCUT2D eigenvalue weighted by Crippen LogP contribution is -1.96. The molecule has 0 amide bonds. The first kappa shape index (κ1) is 11.6. The van der Waals surface area contributed by atoms with Gasteiger partial charge in [-0.2, -0.15) is 4.39 Å². The maximum absolute atomic E-state index is 13.5. The third-order valence-electron chi connectivity index (χ3n) is 2.23. The summed E-state index contributed by atoms with van der Waals surface area (Å²) in [5, 5.41) is 0.174. The smallest absolute Gasteiger partial charge is 0.208 e. The Kier molecular flexibility index (Phi) is 3.56. The zero-order valence-electron chi connectivity index (χ0n) is 8.25. The maximum Gasteiger partial charge on any atom is 0.217 e. The largest absolute Gasteiger partial charge is 0.217 e. The molecule has 0 N–H and O–H groups in total. The molecule has 2 aromatic rings. The van der Waals surface area contributed by atoms with Crippen LogP contribution in [-0.2, 0) is 6.42 Å². The fraction of sp³-hybridized carbons (Fsp3) is 0.0833. The van der Waals surface area contributed by atoms with Crippen molar-refractivity contribution in [2.45, 2.75) is 6.42 Å². The number of hydrogen-bond acceptors (Lipinski definition) is 1. The van der Waals surface area contributed by atoms with Crippen molar-refractivity contribution < 1.29 is 4.39 Å². The molecule has 2 rings (SSSR count). The molecule has 1 aromatic heterocycles. The van der Waals surface area contributed by atoms with Crippen LogP contribution >= 0.6 is 27.5 Å². The Hall–Kier alpha value is -0.930. The second-order valence-electron chi connectivity index (χ2n) is 3.35. The van der Waals surface area contributed by atoms with E-state index in [1.165, 1.54) is 0 Å². The fourth-order valence-electron chi connectivity index (χ4n) is 1.42. The van der Waals surface area contributed by atoms with Crippen molar-refractivity contribution in [2.75, 3.05) is 0 Å². The standard InChI is InChI=1S/C12H8BrClFN/c13-10-4-2-1-3-8(10)7-9-5-6-11(14)16-12(9)15/h1-6H,7H2. The Labute approximate surface area is 106 Å². The Balaban J connectivity index is 2.31. The zero-order chi connectivity index (χ0) is 11.5. The van der Waals surface area contributed by atoms with Gasteiger partial charge in [0.2, 0.25) is 5.95 Å². The quantitative estimate of drug-likeness (QED) is 0.756. The predicted molar refractivity (Wildman–Crippen MR) is 66.2 cm³/mol. The van der Waals surface area contributed by atoms with Crippen LogP contribution in [0.3, 0.4) is 0 Å². The van der Waals surface area contributed by atoms with Crippen molar-refractivity contribution in [2.24, 2.45) is 0 Å². The molecule has 82 valence electrons. The van der Waals surface area contributed by atoms with E-state index in [1.807, 2.05) is 24.3 Å². The molecule has 0 unspecified atom stereocenters. The van der Waals surface area contributed by atoms with Crippen LogP contribution in [0.25, 0.3) is 0 Å². The van der Waals surface area contributed by atoms with Crippen LogP contribution in [0.5, 0.6) is 0 Å². The minimum Gasteiger partial charge on any atom is -0.208 e. The highest BCUT2D eigenvalue weighted by Gasteiger charge is 2.07. The summed E-state index contributed by atoms with van der Waals surface area (Å²) in [4.78, 5) is 3.58. The summed E-state index contributed by atoms with van der Waals surface area (Å²) in [6, 6.07) is 11.0. The number of benzene rings is 1. The van der Waals surface area contributed by atoms with Gasteiger partial charge in [0.05, 0.1) is 0 Å². The molecular formula is C12H8BrClFN. The average Bonchev–Trinajstić information content (AvgIpc) is 2.25. The van der Waals surface area contributed by atoms with Crippen molar-refractivity contribution in [3.8, 4) is 0 Å². The van der Waals surface area contributed by atoms with E-state index in [1.54, 1.807) is 12.1 Å². The summed E-state index contributed by atoms with van der Waals surface area (Å²) in [6.45, 7) is 0. The molecule has 0 aliphatic rings. The summed E-state index contributed by atoms with van der Waals surface area (Å²) in [5.41, 5.74) is 1.56. The zero-order valence-corrected chi connectivity index (χ0v) is 10.6. The highest BCUT2D eigenvalue weighted by molar-refractivity contribution is 9.10. The lowest BCUT2D eigenvalue weighted by molar-refractivity contribution is 0.570. The number of nitrogens with zero attached hydrogens (tertiary/aromatic N) is 1. The van der Waals surface area contributed by atoms with E-state index in [-0.39, 0.29) is 5.15 Å². The van der Waals surface area contributed by atoms with Gasteiger partial charge in [-0.05, 0) is 17.7 Å². The number of halogens is 3. The third-order valence-corrected chi connectivity index (χ3v) is 3.21. The second kappa shape index (κ2) is 4.93. The van der Waals surface area contributed by atoms with Gasteiger partial charge in [0.15, 0.2) is 0 Å². The molecule has 0 radical (unpaired) electrons. The van der Waals surface area contributed by atoms with Crippen molar-refractivity contribution in [3.05, 3.63) is 63.1 Å². The normalized spacial score (nSPS) is 10.4. The topological polar surface area (TPSA) is 12.9 Å². The van der Waals surface area contributed by atoms with Crippen molar-refractivity contribution in [3.63, 3.8) is 0 Å². The van der Waals surface area contributed by atoms with Crippen LogP contribution in [0.4, 0.5) is 4.39 Å².